The van der Waals surface area contributed by atoms with Gasteiger partial charge in [0, 0.05) is 23.2 Å². The third-order valence-electron chi connectivity index (χ3n) is 4.28. The van der Waals surface area contributed by atoms with Crippen LogP contribution in [-0.2, 0) is 4.74 Å². The molecule has 0 aliphatic rings. The van der Waals surface area contributed by atoms with Crippen LogP contribution in [0.2, 0.25) is 10.0 Å². The Balaban J connectivity index is 1.90. The van der Waals surface area contributed by atoms with Crippen molar-refractivity contribution in [2.75, 3.05) is 12.1 Å². The van der Waals surface area contributed by atoms with E-state index in [0.29, 0.717) is 16.4 Å². The van der Waals surface area contributed by atoms with Crippen molar-refractivity contribution in [3.63, 3.8) is 0 Å². The molecule has 2 heterocycles. The number of nitrogens with one attached hydrogen (secondary N) is 1. The lowest BCUT2D eigenvalue weighted by Gasteiger charge is -2.10. The van der Waals surface area contributed by atoms with Crippen LogP contribution in [0.5, 0.6) is 0 Å². The van der Waals surface area contributed by atoms with Gasteiger partial charge in [0.2, 0.25) is 0 Å². The number of aromatic nitrogens is 1. The van der Waals surface area contributed by atoms with E-state index in [2.05, 4.69) is 15.0 Å². The molecule has 0 radical (unpaired) electrons. The van der Waals surface area contributed by atoms with Crippen LogP contribution in [0.3, 0.4) is 0 Å². The Bertz CT molecular complexity index is 1250. The molecule has 0 aliphatic heterocycles. The van der Waals surface area contributed by atoms with E-state index in [9.17, 15) is 9.59 Å². The summed E-state index contributed by atoms with van der Waals surface area (Å²) in [5, 5.41) is 13.0. The number of carbonyl (C=O) groups is 2. The molecule has 146 valence electrons. The Hall–Kier alpha value is -3.13. The Kier molecular flexibility index (Phi) is 5.10. The van der Waals surface area contributed by atoms with Crippen molar-refractivity contribution in [2.45, 2.75) is 0 Å². The molecule has 0 spiro atoms. The van der Waals surface area contributed by atoms with Crippen LogP contribution in [0.4, 0.5) is 5.69 Å². The molecule has 2 N–H and O–H groups in total. The lowest BCUT2D eigenvalue weighted by atomic mass is 10.0. The molecule has 0 unspecified atom stereocenters. The monoisotopic (exact) mass is 430 g/mol. The van der Waals surface area contributed by atoms with Crippen molar-refractivity contribution in [3.05, 3.63) is 70.0 Å². The van der Waals surface area contributed by atoms with Gasteiger partial charge in [-0.15, -0.1) is 0 Å². The molecule has 7 nitrogen and oxygen atoms in total. The highest BCUT2D eigenvalue weighted by molar-refractivity contribution is 6.40. The summed E-state index contributed by atoms with van der Waals surface area (Å²) in [7, 11) is 0. The summed E-state index contributed by atoms with van der Waals surface area (Å²) in [5.74, 6) is -1.28. The molecule has 0 atom stereocenters. The highest BCUT2D eigenvalue weighted by Crippen LogP contribution is 2.35. The van der Waals surface area contributed by atoms with Gasteiger partial charge in [0.1, 0.15) is 11.1 Å². The summed E-state index contributed by atoms with van der Waals surface area (Å²) in [4.78, 5) is 29.1. The van der Waals surface area contributed by atoms with Crippen LogP contribution in [0, 0.1) is 0 Å². The van der Waals surface area contributed by atoms with Crippen molar-refractivity contribution >= 4 is 62.7 Å². The third-order valence-corrected chi connectivity index (χ3v) is 4.85. The zero-order valence-corrected chi connectivity index (χ0v) is 16.1. The number of pyridine rings is 1. The largest absolute Gasteiger partial charge is 0.455 e. The fraction of sp³-hybridized carbons (Fsp3) is 0.0500. The first-order valence-electron chi connectivity index (χ1n) is 8.34. The van der Waals surface area contributed by atoms with Crippen LogP contribution in [0.25, 0.3) is 21.9 Å². The molecule has 2 aromatic heterocycles. The Morgan fingerprint density at radius 1 is 1.07 bits per heavy atom. The van der Waals surface area contributed by atoms with Gasteiger partial charge < -0.3 is 19.6 Å². The molecular weight excluding hydrogens is 419 g/mol. The number of furan rings is 1. The number of aliphatic hydroxyl groups excluding tert-OH is 1. The average molecular weight is 431 g/mol. The van der Waals surface area contributed by atoms with E-state index in [-0.39, 0.29) is 32.4 Å². The maximum absolute atomic E-state index is 13.0. The number of amides is 1. The quantitative estimate of drug-likeness (QED) is 0.361. The summed E-state index contributed by atoms with van der Waals surface area (Å²) in [6.07, 6.45) is 2.72. The maximum Gasteiger partial charge on any atom is 0.344 e. The summed E-state index contributed by atoms with van der Waals surface area (Å²) in [6, 6.07) is 9.91. The average Bonchev–Trinajstić information content (AvgIpc) is 3.10. The third kappa shape index (κ3) is 3.40. The number of fused-ring (bicyclic) bond motifs is 3. The minimum Gasteiger partial charge on any atom is -0.455 e. The number of aliphatic hydroxyl groups is 1. The van der Waals surface area contributed by atoms with Crippen LogP contribution in [-0.4, -0.2) is 28.8 Å². The van der Waals surface area contributed by atoms with Crippen molar-refractivity contribution in [1.82, 2.24) is 4.98 Å². The second-order valence-electron chi connectivity index (χ2n) is 5.96. The van der Waals surface area contributed by atoms with Gasteiger partial charge in [0.25, 0.3) is 5.91 Å². The van der Waals surface area contributed by atoms with Crippen LogP contribution in [0.1, 0.15) is 20.7 Å². The number of carbonyl (C=O) groups excluding carboxylic acids is 2. The number of hydrogen-bond donors (Lipinski definition) is 2. The fourth-order valence-corrected chi connectivity index (χ4v) is 3.49. The van der Waals surface area contributed by atoms with Gasteiger partial charge in [-0.1, -0.05) is 41.4 Å². The highest BCUT2D eigenvalue weighted by Gasteiger charge is 2.23. The van der Waals surface area contributed by atoms with Crippen molar-refractivity contribution in [3.8, 4) is 0 Å². The molecule has 2 aromatic carbocycles. The zero-order valence-electron chi connectivity index (χ0n) is 14.6. The van der Waals surface area contributed by atoms with Crippen molar-refractivity contribution in [1.29, 1.82) is 0 Å². The van der Waals surface area contributed by atoms with Crippen molar-refractivity contribution < 1.29 is 23.8 Å². The number of halogens is 2. The summed E-state index contributed by atoms with van der Waals surface area (Å²) in [6.45, 7) is -0.776. The number of anilines is 1. The van der Waals surface area contributed by atoms with Crippen LogP contribution < -0.4 is 5.32 Å². The Labute approximate surface area is 173 Å². The molecule has 1 amide bonds. The van der Waals surface area contributed by atoms with E-state index in [1.54, 1.807) is 24.3 Å². The standard InChI is InChI=1S/C20H12Cl2N2O5/c21-13-7-23-8-14(22)17(13)24-19(26)11-5-6-12(20(27)28-9-25)18-16(11)10-3-1-2-4-15(10)29-18/h1-8,25H,9H2,(H,23,24,26). The minimum atomic E-state index is -0.776. The van der Waals surface area contributed by atoms with E-state index < -0.39 is 18.7 Å². The molecule has 4 rings (SSSR count). The summed E-state index contributed by atoms with van der Waals surface area (Å²) in [5.41, 5.74) is 1.21. The number of nitrogens with zero attached hydrogens (tertiary/aromatic N) is 1. The summed E-state index contributed by atoms with van der Waals surface area (Å²) >= 11 is 12.2. The minimum absolute atomic E-state index is 0.0850. The second kappa shape index (κ2) is 7.71. The van der Waals surface area contributed by atoms with Gasteiger partial charge in [0.15, 0.2) is 12.4 Å². The normalized spacial score (nSPS) is 11.0. The lowest BCUT2D eigenvalue weighted by Crippen LogP contribution is -2.14. The smallest absolute Gasteiger partial charge is 0.344 e. The van der Waals surface area contributed by atoms with Gasteiger partial charge in [-0.25, -0.2) is 4.79 Å². The Morgan fingerprint density at radius 3 is 2.48 bits per heavy atom. The van der Waals surface area contributed by atoms with E-state index in [0.717, 1.165) is 0 Å². The maximum atomic E-state index is 13.0. The van der Waals surface area contributed by atoms with Gasteiger partial charge in [0.05, 0.1) is 21.3 Å². The van der Waals surface area contributed by atoms with Crippen molar-refractivity contribution in [2.24, 2.45) is 0 Å². The topological polar surface area (TPSA) is 102 Å². The molecule has 0 bridgehead atoms. The number of ether oxygens (including phenoxy) is 1. The molecule has 0 saturated heterocycles. The molecule has 4 aromatic rings. The molecular formula is C20H12Cl2N2O5. The van der Waals surface area contributed by atoms with E-state index in [4.69, 9.17) is 32.7 Å². The number of benzene rings is 2. The van der Waals surface area contributed by atoms with Crippen LogP contribution >= 0.6 is 23.2 Å². The number of para-hydroxylation sites is 1. The molecule has 9 heteroatoms. The molecule has 29 heavy (non-hydrogen) atoms. The second-order valence-corrected chi connectivity index (χ2v) is 6.77. The van der Waals surface area contributed by atoms with E-state index in [1.165, 1.54) is 24.5 Å². The zero-order chi connectivity index (χ0) is 20.5. The highest BCUT2D eigenvalue weighted by atomic mass is 35.5. The first-order valence-corrected chi connectivity index (χ1v) is 9.09. The number of esters is 1. The predicted octanol–water partition coefficient (Wildman–Crippen LogP) is 4.65. The van der Waals surface area contributed by atoms with Gasteiger partial charge >= 0.3 is 5.97 Å². The van der Waals surface area contributed by atoms with E-state index >= 15 is 0 Å². The fourth-order valence-electron chi connectivity index (χ4n) is 3.03. The summed E-state index contributed by atoms with van der Waals surface area (Å²) < 4.78 is 10.5. The first kappa shape index (κ1) is 19.2. The number of hydrogen-bond acceptors (Lipinski definition) is 6. The molecule has 0 fully saturated rings. The van der Waals surface area contributed by atoms with Gasteiger partial charge in [-0.3, -0.25) is 9.78 Å². The Morgan fingerprint density at radius 2 is 1.76 bits per heavy atom. The van der Waals surface area contributed by atoms with Gasteiger partial charge in [-0.05, 0) is 18.2 Å². The van der Waals surface area contributed by atoms with Crippen LogP contribution in [0.15, 0.2) is 53.2 Å². The van der Waals surface area contributed by atoms with Gasteiger partial charge in [-0.2, -0.15) is 0 Å². The molecule has 0 saturated carbocycles. The predicted molar refractivity (Wildman–Crippen MR) is 108 cm³/mol. The number of rotatable bonds is 4. The lowest BCUT2D eigenvalue weighted by molar-refractivity contribution is 0.00694. The first-order chi connectivity index (χ1) is 14.0. The SMILES string of the molecule is O=C(OCO)c1ccc(C(=O)Nc2c(Cl)cncc2Cl)c2c1oc1ccccc12. The molecule has 0 aliphatic carbocycles. The van der Waals surface area contributed by atoms with E-state index in [1.807, 2.05) is 0 Å².